The summed E-state index contributed by atoms with van der Waals surface area (Å²) in [6, 6.07) is 6.28. The number of alkyl halides is 1. The number of benzene rings is 1. The molecule has 1 aliphatic carbocycles. The lowest BCUT2D eigenvalue weighted by atomic mass is 9.81. The Morgan fingerprint density at radius 3 is 3.00 bits per heavy atom. The van der Waals surface area contributed by atoms with E-state index in [1.165, 1.54) is 19.4 Å². The minimum atomic E-state index is -2.26. The van der Waals surface area contributed by atoms with Crippen LogP contribution in [-0.2, 0) is 28.4 Å². The quantitative estimate of drug-likeness (QED) is 0.782. The summed E-state index contributed by atoms with van der Waals surface area (Å²) < 4.78 is 20.7. The van der Waals surface area contributed by atoms with Crippen molar-refractivity contribution in [1.29, 1.82) is 0 Å². The Kier molecular flexibility index (Phi) is 6.01. The first kappa shape index (κ1) is 20.0. The van der Waals surface area contributed by atoms with Gasteiger partial charge in [-0.05, 0) is 42.2 Å². The average molecular weight is 413 g/mol. The van der Waals surface area contributed by atoms with Crippen LogP contribution in [0.4, 0.5) is 4.39 Å². The van der Waals surface area contributed by atoms with Gasteiger partial charge in [0.25, 0.3) is 5.91 Å². The van der Waals surface area contributed by atoms with Crippen molar-refractivity contribution in [3.8, 4) is 0 Å². The number of nitrogens with one attached hydrogen (secondary N) is 1. The second kappa shape index (κ2) is 8.10. The molecule has 0 saturated carbocycles. The van der Waals surface area contributed by atoms with Crippen molar-refractivity contribution in [1.82, 2.24) is 10.3 Å². The molecule has 1 aromatic carbocycles. The predicted molar refractivity (Wildman–Crippen MR) is 100 cm³/mol. The van der Waals surface area contributed by atoms with Gasteiger partial charge in [-0.1, -0.05) is 29.3 Å². The summed E-state index contributed by atoms with van der Waals surface area (Å²) in [6.07, 6.45) is 0.579. The number of ether oxygens (including phenoxy) is 1. The molecule has 2 unspecified atom stereocenters. The Bertz CT molecular complexity index is 865. The summed E-state index contributed by atoms with van der Waals surface area (Å²) in [5, 5.41) is 13.5. The highest BCUT2D eigenvalue weighted by atomic mass is 35.5. The molecular formula is C19H19Cl2FN2O3. The van der Waals surface area contributed by atoms with E-state index in [9.17, 15) is 9.90 Å². The number of hydrogen-bond acceptors (Lipinski definition) is 4. The van der Waals surface area contributed by atoms with Gasteiger partial charge in [0.05, 0.1) is 18.4 Å². The maximum atomic E-state index is 15.6. The molecule has 5 nitrogen and oxygen atoms in total. The molecule has 1 aromatic heterocycles. The molecule has 2 atom stereocenters. The van der Waals surface area contributed by atoms with E-state index in [4.69, 9.17) is 27.9 Å². The Balaban J connectivity index is 1.84. The van der Waals surface area contributed by atoms with Gasteiger partial charge in [0, 0.05) is 35.5 Å². The number of pyridine rings is 1. The van der Waals surface area contributed by atoms with Gasteiger partial charge in [-0.15, -0.1) is 0 Å². The zero-order valence-corrected chi connectivity index (χ0v) is 16.1. The van der Waals surface area contributed by atoms with Gasteiger partial charge in [-0.3, -0.25) is 9.78 Å². The molecule has 2 aromatic rings. The molecule has 0 saturated heterocycles. The van der Waals surface area contributed by atoms with E-state index in [1.807, 2.05) is 0 Å². The summed E-state index contributed by atoms with van der Waals surface area (Å²) >= 11 is 12.3. The van der Waals surface area contributed by atoms with Crippen LogP contribution in [0.5, 0.6) is 0 Å². The smallest absolute Gasteiger partial charge is 0.262 e. The first-order valence-corrected chi connectivity index (χ1v) is 9.19. The second-order valence-corrected chi connectivity index (χ2v) is 7.28. The number of nitrogens with zero attached hydrogens (tertiary/aromatic N) is 1. The number of rotatable bonds is 5. The van der Waals surface area contributed by atoms with Gasteiger partial charge >= 0.3 is 0 Å². The topological polar surface area (TPSA) is 71.5 Å². The van der Waals surface area contributed by atoms with E-state index in [1.54, 1.807) is 18.2 Å². The zero-order valence-electron chi connectivity index (χ0n) is 14.6. The molecule has 2 N–H and O–H groups in total. The number of halogens is 3. The molecule has 1 aliphatic rings. The Morgan fingerprint density at radius 1 is 1.48 bits per heavy atom. The standard InChI is InChI=1S/C19H19Cl2FN2O3/c1-27-10-11-7-12(20)8-15(21)13(11)9-24-18(26)19(22)5-4-16(25)17-14(19)3-2-6-23-17/h2-3,6-8,16,25H,4-5,9-10H2,1H3,(H,24,26). The van der Waals surface area contributed by atoms with Crippen LogP contribution in [0.25, 0.3) is 0 Å². The zero-order chi connectivity index (χ0) is 19.6. The summed E-state index contributed by atoms with van der Waals surface area (Å²) in [5.74, 6) is -0.793. The molecule has 1 amide bonds. The normalized spacial score (nSPS) is 21.6. The average Bonchev–Trinajstić information content (AvgIpc) is 2.64. The number of hydrogen-bond donors (Lipinski definition) is 2. The number of aromatic nitrogens is 1. The van der Waals surface area contributed by atoms with E-state index in [2.05, 4.69) is 10.3 Å². The third kappa shape index (κ3) is 3.94. The lowest BCUT2D eigenvalue weighted by Gasteiger charge is -2.32. The molecule has 0 aliphatic heterocycles. The largest absolute Gasteiger partial charge is 0.387 e. The maximum Gasteiger partial charge on any atom is 0.262 e. The van der Waals surface area contributed by atoms with Crippen LogP contribution in [0, 0.1) is 0 Å². The van der Waals surface area contributed by atoms with Crippen LogP contribution >= 0.6 is 23.2 Å². The van der Waals surface area contributed by atoms with E-state index in [0.29, 0.717) is 21.2 Å². The summed E-state index contributed by atoms with van der Waals surface area (Å²) in [7, 11) is 1.53. The van der Waals surface area contributed by atoms with Crippen LogP contribution in [0.2, 0.25) is 10.0 Å². The van der Waals surface area contributed by atoms with Crippen molar-refractivity contribution in [2.24, 2.45) is 0 Å². The molecule has 144 valence electrons. The minimum absolute atomic E-state index is 0.0251. The second-order valence-electron chi connectivity index (χ2n) is 6.43. The summed E-state index contributed by atoms with van der Waals surface area (Å²) in [4.78, 5) is 16.8. The molecule has 0 bridgehead atoms. The van der Waals surface area contributed by atoms with E-state index in [0.717, 1.165) is 0 Å². The number of amides is 1. The molecule has 0 fully saturated rings. The molecule has 8 heteroatoms. The van der Waals surface area contributed by atoms with Crippen LogP contribution < -0.4 is 5.32 Å². The van der Waals surface area contributed by atoms with Crippen LogP contribution in [0.15, 0.2) is 30.5 Å². The van der Waals surface area contributed by atoms with E-state index in [-0.39, 0.29) is 37.3 Å². The fourth-order valence-electron chi connectivity index (χ4n) is 3.31. The number of carbonyl (C=O) groups excluding carboxylic acids is 1. The van der Waals surface area contributed by atoms with Gasteiger partial charge in [-0.2, -0.15) is 0 Å². The van der Waals surface area contributed by atoms with Gasteiger partial charge in [0.1, 0.15) is 0 Å². The van der Waals surface area contributed by atoms with Crippen molar-refractivity contribution in [3.05, 3.63) is 62.9 Å². The third-order valence-electron chi connectivity index (χ3n) is 4.68. The first-order chi connectivity index (χ1) is 12.9. The van der Waals surface area contributed by atoms with Gasteiger partial charge < -0.3 is 15.2 Å². The van der Waals surface area contributed by atoms with Crippen molar-refractivity contribution in [2.45, 2.75) is 37.8 Å². The van der Waals surface area contributed by atoms with Gasteiger partial charge in [-0.25, -0.2) is 4.39 Å². The highest BCUT2D eigenvalue weighted by Gasteiger charge is 2.46. The number of methoxy groups -OCH3 is 1. The Morgan fingerprint density at radius 2 is 2.26 bits per heavy atom. The Hall–Kier alpha value is -1.73. The highest BCUT2D eigenvalue weighted by molar-refractivity contribution is 6.35. The van der Waals surface area contributed by atoms with Gasteiger partial charge in [0.15, 0.2) is 0 Å². The molecule has 0 radical (unpaired) electrons. The highest BCUT2D eigenvalue weighted by Crippen LogP contribution is 2.42. The third-order valence-corrected chi connectivity index (χ3v) is 5.24. The van der Waals surface area contributed by atoms with Crippen molar-refractivity contribution >= 4 is 29.1 Å². The summed E-state index contributed by atoms with van der Waals surface area (Å²) in [6.45, 7) is 0.280. The van der Waals surface area contributed by atoms with Crippen LogP contribution in [0.1, 0.15) is 41.3 Å². The summed E-state index contributed by atoms with van der Waals surface area (Å²) in [5.41, 5.74) is -0.638. The number of aliphatic hydroxyl groups is 1. The monoisotopic (exact) mass is 412 g/mol. The van der Waals surface area contributed by atoms with Crippen molar-refractivity contribution in [2.75, 3.05) is 7.11 Å². The SMILES string of the molecule is COCc1cc(Cl)cc(Cl)c1CNC(=O)C1(F)CCC(O)c2ncccc21. The maximum absolute atomic E-state index is 15.6. The minimum Gasteiger partial charge on any atom is -0.387 e. The molecule has 0 spiro atoms. The predicted octanol–water partition coefficient (Wildman–Crippen LogP) is 3.84. The van der Waals surface area contributed by atoms with Crippen molar-refractivity contribution in [3.63, 3.8) is 0 Å². The fraction of sp³-hybridized carbons (Fsp3) is 0.368. The fourth-order valence-corrected chi connectivity index (χ4v) is 3.91. The number of carbonyl (C=O) groups is 1. The van der Waals surface area contributed by atoms with Gasteiger partial charge in [0.2, 0.25) is 5.67 Å². The molecule has 27 heavy (non-hydrogen) atoms. The molecule has 3 rings (SSSR count). The molecule has 1 heterocycles. The van der Waals surface area contributed by atoms with Crippen LogP contribution in [-0.4, -0.2) is 23.1 Å². The van der Waals surface area contributed by atoms with Crippen molar-refractivity contribution < 1.29 is 19.0 Å². The van der Waals surface area contributed by atoms with E-state index >= 15 is 4.39 Å². The lowest BCUT2D eigenvalue weighted by Crippen LogP contribution is -2.44. The number of fused-ring (bicyclic) bond motifs is 1. The lowest BCUT2D eigenvalue weighted by molar-refractivity contribution is -0.135. The molecular weight excluding hydrogens is 394 g/mol. The van der Waals surface area contributed by atoms with E-state index < -0.39 is 17.7 Å². The van der Waals surface area contributed by atoms with Crippen LogP contribution in [0.3, 0.4) is 0 Å². The Labute approximate surface area is 166 Å². The first-order valence-electron chi connectivity index (χ1n) is 8.43. The number of aliphatic hydroxyl groups excluding tert-OH is 1.